The van der Waals surface area contributed by atoms with Gasteiger partial charge in [-0.1, -0.05) is 12.1 Å². The molecular formula is C16H16BrF2NO. The standard InChI is InChI=1S/C16H16BrF2NO/c1-21-12-4-2-11(3-5-12)8-9-20-10-13-15(18)7-6-14(17)16(13)19/h2-7,20H,8-10H2,1H3. The van der Waals surface area contributed by atoms with Gasteiger partial charge in [-0.2, -0.15) is 0 Å². The van der Waals surface area contributed by atoms with E-state index in [9.17, 15) is 8.78 Å². The number of hydrogen-bond donors (Lipinski definition) is 1. The number of benzene rings is 2. The van der Waals surface area contributed by atoms with Crippen LogP contribution in [0.25, 0.3) is 0 Å². The van der Waals surface area contributed by atoms with Crippen molar-refractivity contribution < 1.29 is 13.5 Å². The van der Waals surface area contributed by atoms with Crippen molar-refractivity contribution in [3.8, 4) is 5.75 Å². The predicted molar refractivity (Wildman–Crippen MR) is 82.5 cm³/mol. The van der Waals surface area contributed by atoms with Crippen molar-refractivity contribution in [2.24, 2.45) is 0 Å². The lowest BCUT2D eigenvalue weighted by Crippen LogP contribution is -2.18. The number of halogens is 3. The van der Waals surface area contributed by atoms with E-state index in [-0.39, 0.29) is 16.6 Å². The highest BCUT2D eigenvalue weighted by Gasteiger charge is 2.11. The molecule has 0 amide bonds. The maximum absolute atomic E-state index is 13.8. The topological polar surface area (TPSA) is 21.3 Å². The van der Waals surface area contributed by atoms with E-state index in [1.165, 1.54) is 12.1 Å². The number of methoxy groups -OCH3 is 1. The van der Waals surface area contributed by atoms with E-state index >= 15 is 0 Å². The molecule has 1 N–H and O–H groups in total. The molecule has 112 valence electrons. The van der Waals surface area contributed by atoms with Crippen LogP contribution in [-0.2, 0) is 13.0 Å². The highest BCUT2D eigenvalue weighted by Crippen LogP contribution is 2.21. The fourth-order valence-electron chi connectivity index (χ4n) is 1.97. The molecule has 0 spiro atoms. The minimum absolute atomic E-state index is 0.0547. The molecule has 2 aromatic rings. The van der Waals surface area contributed by atoms with Gasteiger partial charge in [0.15, 0.2) is 0 Å². The third-order valence-corrected chi connectivity index (χ3v) is 3.80. The molecule has 0 bridgehead atoms. The predicted octanol–water partition coefficient (Wildman–Crippen LogP) is 4.07. The first-order valence-electron chi connectivity index (χ1n) is 6.58. The highest BCUT2D eigenvalue weighted by atomic mass is 79.9. The third-order valence-electron chi connectivity index (χ3n) is 3.19. The van der Waals surface area contributed by atoms with E-state index in [2.05, 4.69) is 21.2 Å². The van der Waals surface area contributed by atoms with Gasteiger partial charge in [-0.15, -0.1) is 0 Å². The van der Waals surface area contributed by atoms with Gasteiger partial charge < -0.3 is 10.1 Å². The molecule has 0 saturated carbocycles. The maximum Gasteiger partial charge on any atom is 0.144 e. The van der Waals surface area contributed by atoms with E-state index in [1.807, 2.05) is 24.3 Å². The fraction of sp³-hybridized carbons (Fsp3) is 0.250. The molecule has 0 atom stereocenters. The summed E-state index contributed by atoms with van der Waals surface area (Å²) >= 11 is 3.06. The first-order valence-corrected chi connectivity index (χ1v) is 7.37. The Hall–Kier alpha value is -1.46. The summed E-state index contributed by atoms with van der Waals surface area (Å²) in [5.41, 5.74) is 1.19. The SMILES string of the molecule is COc1ccc(CCNCc2c(F)ccc(Br)c2F)cc1. The van der Waals surface area contributed by atoms with Crippen LogP contribution in [0.4, 0.5) is 8.78 Å². The fourth-order valence-corrected chi connectivity index (χ4v) is 2.34. The van der Waals surface area contributed by atoms with Crippen molar-refractivity contribution >= 4 is 15.9 Å². The van der Waals surface area contributed by atoms with Crippen LogP contribution < -0.4 is 10.1 Å². The van der Waals surface area contributed by atoms with Crippen LogP contribution in [0.1, 0.15) is 11.1 Å². The summed E-state index contributed by atoms with van der Waals surface area (Å²) in [5.74, 6) is -0.274. The van der Waals surface area contributed by atoms with Crippen LogP contribution in [0.5, 0.6) is 5.75 Å². The lowest BCUT2D eigenvalue weighted by molar-refractivity contribution is 0.414. The smallest absolute Gasteiger partial charge is 0.144 e. The molecule has 2 nitrogen and oxygen atoms in total. The van der Waals surface area contributed by atoms with Gasteiger partial charge in [0.25, 0.3) is 0 Å². The zero-order valence-electron chi connectivity index (χ0n) is 11.6. The summed E-state index contributed by atoms with van der Waals surface area (Å²) in [6.45, 7) is 0.797. The van der Waals surface area contributed by atoms with E-state index in [4.69, 9.17) is 4.74 Å². The first-order chi connectivity index (χ1) is 10.1. The van der Waals surface area contributed by atoms with Crippen molar-refractivity contribution in [3.63, 3.8) is 0 Å². The minimum Gasteiger partial charge on any atom is -0.497 e. The normalized spacial score (nSPS) is 10.7. The van der Waals surface area contributed by atoms with Crippen LogP contribution in [0.15, 0.2) is 40.9 Å². The van der Waals surface area contributed by atoms with Gasteiger partial charge >= 0.3 is 0 Å². The molecule has 0 saturated heterocycles. The summed E-state index contributed by atoms with van der Waals surface area (Å²) in [7, 11) is 1.62. The third kappa shape index (κ3) is 4.25. The Morgan fingerprint density at radius 1 is 1.10 bits per heavy atom. The Bertz CT molecular complexity index is 602. The molecule has 0 aliphatic carbocycles. The average molecular weight is 356 g/mol. The van der Waals surface area contributed by atoms with E-state index < -0.39 is 11.6 Å². The van der Waals surface area contributed by atoms with Crippen molar-refractivity contribution in [3.05, 3.63) is 63.6 Å². The Labute approximate surface area is 131 Å². The first kappa shape index (κ1) is 15.9. The molecule has 0 radical (unpaired) electrons. The number of ether oxygens (including phenoxy) is 1. The Kier molecular flexibility index (Phi) is 5.70. The quantitative estimate of drug-likeness (QED) is 0.622. The minimum atomic E-state index is -0.549. The zero-order valence-corrected chi connectivity index (χ0v) is 13.2. The maximum atomic E-state index is 13.8. The number of nitrogens with one attached hydrogen (secondary N) is 1. The van der Waals surface area contributed by atoms with Gasteiger partial charge in [0.1, 0.15) is 17.4 Å². The van der Waals surface area contributed by atoms with Gasteiger partial charge in [-0.3, -0.25) is 0 Å². The molecule has 2 rings (SSSR count). The summed E-state index contributed by atoms with van der Waals surface area (Å²) < 4.78 is 32.7. The molecular weight excluding hydrogens is 340 g/mol. The molecule has 0 aromatic heterocycles. The van der Waals surface area contributed by atoms with Crippen LogP contribution >= 0.6 is 15.9 Å². The van der Waals surface area contributed by atoms with Crippen molar-refractivity contribution in [2.75, 3.05) is 13.7 Å². The van der Waals surface area contributed by atoms with E-state index in [0.717, 1.165) is 17.7 Å². The van der Waals surface area contributed by atoms with E-state index in [1.54, 1.807) is 7.11 Å². The lowest BCUT2D eigenvalue weighted by Gasteiger charge is -2.09. The van der Waals surface area contributed by atoms with Gasteiger partial charge in [-0.05, 0) is 58.7 Å². The summed E-state index contributed by atoms with van der Waals surface area (Å²) in [5, 5.41) is 3.06. The molecule has 21 heavy (non-hydrogen) atoms. The second-order valence-electron chi connectivity index (χ2n) is 4.60. The average Bonchev–Trinajstić information content (AvgIpc) is 2.51. The summed E-state index contributed by atoms with van der Waals surface area (Å²) in [6, 6.07) is 10.4. The van der Waals surface area contributed by atoms with Crippen LogP contribution in [0.2, 0.25) is 0 Å². The second kappa shape index (κ2) is 7.52. The van der Waals surface area contributed by atoms with E-state index in [0.29, 0.717) is 6.54 Å². The van der Waals surface area contributed by atoms with Crippen LogP contribution in [-0.4, -0.2) is 13.7 Å². The number of hydrogen-bond acceptors (Lipinski definition) is 2. The molecule has 0 aliphatic rings. The Balaban J connectivity index is 1.86. The zero-order chi connectivity index (χ0) is 15.2. The Morgan fingerprint density at radius 2 is 1.81 bits per heavy atom. The summed E-state index contributed by atoms with van der Waals surface area (Å²) in [4.78, 5) is 0. The van der Waals surface area contributed by atoms with Crippen LogP contribution in [0.3, 0.4) is 0 Å². The molecule has 5 heteroatoms. The molecule has 0 fully saturated rings. The van der Waals surface area contributed by atoms with Crippen molar-refractivity contribution in [2.45, 2.75) is 13.0 Å². The monoisotopic (exact) mass is 355 g/mol. The number of rotatable bonds is 6. The molecule has 0 heterocycles. The second-order valence-corrected chi connectivity index (χ2v) is 5.45. The molecule has 0 aliphatic heterocycles. The van der Waals surface area contributed by atoms with Gasteiger partial charge in [0, 0.05) is 12.1 Å². The van der Waals surface area contributed by atoms with Crippen molar-refractivity contribution in [1.29, 1.82) is 0 Å². The highest BCUT2D eigenvalue weighted by molar-refractivity contribution is 9.10. The van der Waals surface area contributed by atoms with Gasteiger partial charge in [0.2, 0.25) is 0 Å². The van der Waals surface area contributed by atoms with Gasteiger partial charge in [0.05, 0.1) is 11.6 Å². The lowest BCUT2D eigenvalue weighted by atomic mass is 10.1. The van der Waals surface area contributed by atoms with Gasteiger partial charge in [-0.25, -0.2) is 8.78 Å². The van der Waals surface area contributed by atoms with Crippen molar-refractivity contribution in [1.82, 2.24) is 5.32 Å². The molecule has 0 unspecified atom stereocenters. The molecule has 2 aromatic carbocycles. The largest absolute Gasteiger partial charge is 0.497 e. The van der Waals surface area contributed by atoms with Crippen LogP contribution in [0, 0.1) is 11.6 Å². The summed E-state index contributed by atoms with van der Waals surface area (Å²) in [6.07, 6.45) is 0.779. The Morgan fingerprint density at radius 3 is 2.48 bits per heavy atom.